The minimum atomic E-state index is -1.14. The summed E-state index contributed by atoms with van der Waals surface area (Å²) in [5.41, 5.74) is 1.99. The van der Waals surface area contributed by atoms with Gasteiger partial charge in [-0.05, 0) is 55.2 Å². The number of para-hydroxylation sites is 2. The fourth-order valence-corrected chi connectivity index (χ4v) is 7.16. The number of aromatic nitrogens is 2. The summed E-state index contributed by atoms with van der Waals surface area (Å²) in [6.07, 6.45) is 0.685. The summed E-state index contributed by atoms with van der Waals surface area (Å²) in [5, 5.41) is 4.71. The van der Waals surface area contributed by atoms with Gasteiger partial charge in [0, 0.05) is 16.6 Å². The summed E-state index contributed by atoms with van der Waals surface area (Å²) in [5.74, 6) is -1.23. The van der Waals surface area contributed by atoms with E-state index < -0.39 is 17.4 Å². The Morgan fingerprint density at radius 2 is 1.72 bits per heavy atom. The van der Waals surface area contributed by atoms with Crippen LogP contribution in [0, 0.1) is 24.7 Å². The van der Waals surface area contributed by atoms with E-state index in [9.17, 15) is 14.4 Å². The van der Waals surface area contributed by atoms with E-state index in [2.05, 4.69) is 19.2 Å². The quantitative estimate of drug-likeness (QED) is 0.381. The van der Waals surface area contributed by atoms with E-state index in [1.807, 2.05) is 55.5 Å². The monoisotopic (exact) mass is 538 g/mol. The molecule has 1 spiro atoms. The number of hydrogen-bond acceptors (Lipinski definition) is 5. The molecule has 196 valence electrons. The Balaban J connectivity index is 1.53. The second-order valence-electron chi connectivity index (χ2n) is 11.2. The Morgan fingerprint density at radius 1 is 0.974 bits per heavy atom. The number of benzene rings is 3. The molecule has 3 aliphatic heterocycles. The molecule has 39 heavy (non-hydrogen) atoms. The first-order chi connectivity index (χ1) is 18.7. The Labute approximate surface area is 230 Å². The largest absolute Gasteiger partial charge is 0.297 e. The average Bonchev–Trinajstić information content (AvgIpc) is 3.48. The van der Waals surface area contributed by atoms with Crippen LogP contribution in [0.1, 0.15) is 37.2 Å². The lowest BCUT2D eigenvalue weighted by Gasteiger charge is -2.32. The molecule has 4 atom stereocenters. The molecule has 7 rings (SSSR count). The molecule has 0 radical (unpaired) electrons. The maximum absolute atomic E-state index is 14.5. The Kier molecular flexibility index (Phi) is 5.19. The molecule has 4 heterocycles. The third-order valence-electron chi connectivity index (χ3n) is 8.50. The van der Waals surface area contributed by atoms with Crippen LogP contribution in [0.25, 0.3) is 16.6 Å². The van der Waals surface area contributed by atoms with Crippen molar-refractivity contribution in [2.45, 2.75) is 38.8 Å². The SMILES string of the molecule is Cc1ccc(Cl)cc1N1C(=O)[C@H]2[C@H](CC(C)C)N[C@@]3(c4ccccc4-n4c3nc3ccccc3c4=O)[C@H]2C1=O. The number of aryl methyl sites for hydroxylation is 1. The maximum atomic E-state index is 14.5. The Bertz CT molecular complexity index is 1780. The van der Waals surface area contributed by atoms with Crippen molar-refractivity contribution >= 4 is 40.0 Å². The highest BCUT2D eigenvalue weighted by Gasteiger charge is 2.69. The summed E-state index contributed by atoms with van der Waals surface area (Å²) in [7, 11) is 0. The van der Waals surface area contributed by atoms with Gasteiger partial charge in [0.15, 0.2) is 0 Å². The second-order valence-corrected chi connectivity index (χ2v) is 11.7. The van der Waals surface area contributed by atoms with E-state index in [4.69, 9.17) is 16.6 Å². The molecule has 8 heteroatoms. The fourth-order valence-electron chi connectivity index (χ4n) is 6.99. The third kappa shape index (κ3) is 3.14. The minimum Gasteiger partial charge on any atom is -0.297 e. The first-order valence-corrected chi connectivity index (χ1v) is 13.7. The van der Waals surface area contributed by atoms with Gasteiger partial charge in [-0.1, -0.05) is 61.8 Å². The van der Waals surface area contributed by atoms with Crippen molar-refractivity contribution < 1.29 is 9.59 Å². The van der Waals surface area contributed by atoms with Gasteiger partial charge in [-0.25, -0.2) is 9.88 Å². The van der Waals surface area contributed by atoms with E-state index in [1.165, 1.54) is 4.90 Å². The van der Waals surface area contributed by atoms with Crippen LogP contribution in [0.5, 0.6) is 0 Å². The van der Waals surface area contributed by atoms with Crippen LogP contribution in [0.4, 0.5) is 5.69 Å². The lowest BCUT2D eigenvalue weighted by atomic mass is 9.75. The van der Waals surface area contributed by atoms with Crippen molar-refractivity contribution in [3.8, 4) is 5.69 Å². The van der Waals surface area contributed by atoms with Gasteiger partial charge in [0.25, 0.3) is 5.56 Å². The number of anilines is 1. The number of hydrogen-bond donors (Lipinski definition) is 1. The maximum Gasteiger partial charge on any atom is 0.266 e. The molecule has 1 N–H and O–H groups in total. The number of nitrogens with zero attached hydrogens (tertiary/aromatic N) is 3. The number of imide groups is 1. The molecule has 2 amide bonds. The molecule has 2 fully saturated rings. The van der Waals surface area contributed by atoms with E-state index in [0.29, 0.717) is 39.5 Å². The van der Waals surface area contributed by atoms with Crippen molar-refractivity contribution in [3.63, 3.8) is 0 Å². The second kappa shape index (κ2) is 8.34. The molecule has 0 bridgehead atoms. The molecule has 2 saturated heterocycles. The minimum absolute atomic E-state index is 0.190. The molecule has 0 aliphatic carbocycles. The highest BCUT2D eigenvalue weighted by atomic mass is 35.5. The van der Waals surface area contributed by atoms with Crippen LogP contribution in [0.3, 0.4) is 0 Å². The predicted octanol–water partition coefficient (Wildman–Crippen LogP) is 4.73. The number of halogens is 1. The molecule has 0 saturated carbocycles. The summed E-state index contributed by atoms with van der Waals surface area (Å²) < 4.78 is 1.63. The number of nitrogens with one attached hydrogen (secondary N) is 1. The third-order valence-corrected chi connectivity index (χ3v) is 8.73. The van der Waals surface area contributed by atoms with Crippen molar-refractivity contribution in [3.05, 3.63) is 99.1 Å². The van der Waals surface area contributed by atoms with Crippen LogP contribution < -0.4 is 15.8 Å². The van der Waals surface area contributed by atoms with Gasteiger partial charge in [-0.2, -0.15) is 0 Å². The Morgan fingerprint density at radius 3 is 2.51 bits per heavy atom. The normalized spacial score (nSPS) is 25.2. The lowest BCUT2D eigenvalue weighted by Crippen LogP contribution is -2.50. The molecule has 1 aromatic heterocycles. The molecule has 7 nitrogen and oxygen atoms in total. The van der Waals surface area contributed by atoms with Crippen molar-refractivity contribution in [2.24, 2.45) is 17.8 Å². The van der Waals surface area contributed by atoms with E-state index >= 15 is 0 Å². The van der Waals surface area contributed by atoms with Crippen molar-refractivity contribution in [2.75, 3.05) is 4.90 Å². The molecule has 3 aromatic carbocycles. The molecule has 4 aromatic rings. The van der Waals surface area contributed by atoms with Crippen LogP contribution in [0.15, 0.2) is 71.5 Å². The number of fused-ring (bicyclic) bond motifs is 8. The van der Waals surface area contributed by atoms with Gasteiger partial charge >= 0.3 is 0 Å². The van der Waals surface area contributed by atoms with Gasteiger partial charge in [-0.3, -0.25) is 24.3 Å². The lowest BCUT2D eigenvalue weighted by molar-refractivity contribution is -0.123. The summed E-state index contributed by atoms with van der Waals surface area (Å²) in [6, 6.07) is 19.8. The van der Waals surface area contributed by atoms with Crippen LogP contribution >= 0.6 is 11.6 Å². The van der Waals surface area contributed by atoms with E-state index in [0.717, 1.165) is 11.1 Å². The van der Waals surface area contributed by atoms with Crippen molar-refractivity contribution in [1.29, 1.82) is 0 Å². The van der Waals surface area contributed by atoms with Crippen LogP contribution in [-0.2, 0) is 15.1 Å². The summed E-state index contributed by atoms with van der Waals surface area (Å²) in [4.78, 5) is 49.0. The highest BCUT2D eigenvalue weighted by molar-refractivity contribution is 6.31. The van der Waals surface area contributed by atoms with Gasteiger partial charge < -0.3 is 0 Å². The van der Waals surface area contributed by atoms with E-state index in [-0.39, 0.29) is 29.3 Å². The molecule has 3 aliphatic rings. The number of carbonyl (C=O) groups excluding carboxylic acids is 2. The summed E-state index contributed by atoms with van der Waals surface area (Å²) >= 11 is 6.33. The average molecular weight is 539 g/mol. The van der Waals surface area contributed by atoms with Crippen molar-refractivity contribution in [1.82, 2.24) is 14.9 Å². The van der Waals surface area contributed by atoms with Gasteiger partial charge in [0.05, 0.1) is 34.1 Å². The van der Waals surface area contributed by atoms with Crippen LogP contribution in [0.2, 0.25) is 5.02 Å². The zero-order valence-corrected chi connectivity index (χ0v) is 22.6. The molecular weight excluding hydrogens is 512 g/mol. The first-order valence-electron chi connectivity index (χ1n) is 13.3. The van der Waals surface area contributed by atoms with E-state index in [1.54, 1.807) is 22.8 Å². The van der Waals surface area contributed by atoms with Gasteiger partial charge in [0.2, 0.25) is 11.8 Å². The summed E-state index contributed by atoms with van der Waals surface area (Å²) in [6.45, 7) is 6.08. The first kappa shape index (κ1) is 24.2. The topological polar surface area (TPSA) is 84.3 Å². The number of amides is 2. The highest BCUT2D eigenvalue weighted by Crippen LogP contribution is 2.56. The molecular formula is C31H27ClN4O3. The smallest absolute Gasteiger partial charge is 0.266 e. The molecule has 0 unspecified atom stereocenters. The number of carbonyl (C=O) groups is 2. The number of rotatable bonds is 3. The fraction of sp³-hybridized carbons (Fsp3) is 0.290. The zero-order chi connectivity index (χ0) is 27.2. The van der Waals surface area contributed by atoms with Crippen LogP contribution in [-0.4, -0.2) is 27.4 Å². The Hall–Kier alpha value is -3.81. The standard InChI is InChI=1S/C31H27ClN4O3/c1-16(2)14-22-25-26(29(39)35(28(25)38)24-15-18(32)13-12-17(24)3)31(34-22)20-9-5-7-11-23(20)36-27(37)19-8-4-6-10-21(19)33-30(31)36/h4-13,15-16,22,25-26,34H,14H2,1-3H3/t22-,25-,26+,31-/m0/s1. The predicted molar refractivity (Wildman–Crippen MR) is 150 cm³/mol. The van der Waals surface area contributed by atoms with Gasteiger partial charge in [-0.15, -0.1) is 0 Å². The van der Waals surface area contributed by atoms with Gasteiger partial charge in [0.1, 0.15) is 11.4 Å². The zero-order valence-electron chi connectivity index (χ0n) is 21.8.